The first-order valence-electron chi connectivity index (χ1n) is 5.50. The second-order valence-electron chi connectivity index (χ2n) is 3.64. The Hall–Kier alpha value is -1.51. The van der Waals surface area contributed by atoms with Crippen LogP contribution in [0.1, 0.15) is 15.4 Å². The van der Waals surface area contributed by atoms with Gasteiger partial charge in [-0.05, 0) is 34.5 Å². The zero-order chi connectivity index (χ0) is 13.7. The number of nitrogen functional groups attached to an aromatic ring is 1. The number of hydrogen-bond donors (Lipinski definition) is 3. The van der Waals surface area contributed by atoms with Crippen LogP contribution in [-0.4, -0.2) is 22.4 Å². The Morgan fingerprint density at radius 2 is 2.21 bits per heavy atom. The predicted molar refractivity (Wildman–Crippen MR) is 77.9 cm³/mol. The number of nitrogens with two attached hydrogens (primary N) is 1. The highest BCUT2D eigenvalue weighted by Gasteiger charge is 2.07. The molecule has 0 radical (unpaired) electrons. The molecule has 8 heteroatoms. The molecule has 0 atom stereocenters. The lowest BCUT2D eigenvalue weighted by molar-refractivity contribution is 0.0949. The summed E-state index contributed by atoms with van der Waals surface area (Å²) in [4.78, 5) is 20.9. The van der Waals surface area contributed by atoms with Crippen molar-refractivity contribution in [1.29, 1.82) is 0 Å². The van der Waals surface area contributed by atoms with Crippen LogP contribution in [0, 0.1) is 0 Å². The minimum Gasteiger partial charge on any atom is -0.350 e. The number of rotatable bonds is 5. The summed E-state index contributed by atoms with van der Waals surface area (Å²) in [5, 5.41) is 2.79. The minimum absolute atomic E-state index is 0.244. The van der Waals surface area contributed by atoms with E-state index in [1.807, 2.05) is 12.1 Å². The Morgan fingerprint density at radius 3 is 2.79 bits per heavy atom. The van der Waals surface area contributed by atoms with Crippen LogP contribution in [0.3, 0.4) is 0 Å². The Labute approximate surface area is 122 Å². The molecule has 2 aromatic heterocycles. The van der Waals surface area contributed by atoms with Crippen LogP contribution in [0.4, 0.5) is 5.82 Å². The van der Waals surface area contributed by atoms with Crippen LogP contribution in [0.2, 0.25) is 0 Å². The van der Waals surface area contributed by atoms with Crippen molar-refractivity contribution in [2.75, 3.05) is 12.0 Å². The molecule has 0 aromatic carbocycles. The molecule has 0 spiro atoms. The maximum absolute atomic E-state index is 11.8. The number of nitrogens with zero attached hydrogens (tertiary/aromatic N) is 2. The van der Waals surface area contributed by atoms with Gasteiger partial charge in [0.1, 0.15) is 5.69 Å². The summed E-state index contributed by atoms with van der Waals surface area (Å²) < 4.78 is 1.09. The van der Waals surface area contributed by atoms with Gasteiger partial charge in [0, 0.05) is 11.4 Å². The normalized spacial score (nSPS) is 10.2. The molecule has 0 aliphatic carbocycles. The van der Waals surface area contributed by atoms with Crippen molar-refractivity contribution in [1.82, 2.24) is 15.3 Å². The third kappa shape index (κ3) is 3.98. The molecule has 2 rings (SSSR count). The second-order valence-corrected chi connectivity index (χ2v) is 6.19. The Morgan fingerprint density at radius 1 is 1.37 bits per heavy atom. The highest BCUT2D eigenvalue weighted by Crippen LogP contribution is 2.22. The molecule has 1 amide bonds. The summed E-state index contributed by atoms with van der Waals surface area (Å²) in [6.07, 6.45) is 3.58. The van der Waals surface area contributed by atoms with Crippen molar-refractivity contribution < 1.29 is 4.79 Å². The first-order valence-corrected chi connectivity index (χ1v) is 7.11. The quantitative estimate of drug-likeness (QED) is 0.566. The molecule has 0 aliphatic rings. The van der Waals surface area contributed by atoms with E-state index in [0.717, 1.165) is 10.2 Å². The van der Waals surface area contributed by atoms with Crippen molar-refractivity contribution in [2.45, 2.75) is 6.42 Å². The zero-order valence-electron chi connectivity index (χ0n) is 9.89. The van der Waals surface area contributed by atoms with Crippen LogP contribution >= 0.6 is 27.3 Å². The molecular formula is C11H12BrN5OS. The van der Waals surface area contributed by atoms with Gasteiger partial charge >= 0.3 is 0 Å². The number of aromatic nitrogens is 2. The van der Waals surface area contributed by atoms with Crippen LogP contribution in [-0.2, 0) is 6.42 Å². The van der Waals surface area contributed by atoms with Crippen molar-refractivity contribution in [3.8, 4) is 0 Å². The SMILES string of the molecule is NNc1cnc(C(=O)NCCc2ccc(Br)s2)cn1. The van der Waals surface area contributed by atoms with Gasteiger partial charge in [-0.3, -0.25) is 4.79 Å². The number of halogens is 1. The number of anilines is 1. The van der Waals surface area contributed by atoms with Crippen molar-refractivity contribution in [2.24, 2.45) is 5.84 Å². The Balaban J connectivity index is 1.83. The van der Waals surface area contributed by atoms with E-state index in [1.54, 1.807) is 11.3 Å². The van der Waals surface area contributed by atoms with E-state index in [-0.39, 0.29) is 11.6 Å². The van der Waals surface area contributed by atoms with Crippen LogP contribution in [0.15, 0.2) is 28.3 Å². The molecule has 0 bridgehead atoms. The fourth-order valence-electron chi connectivity index (χ4n) is 1.40. The molecule has 6 nitrogen and oxygen atoms in total. The van der Waals surface area contributed by atoms with Gasteiger partial charge < -0.3 is 10.7 Å². The van der Waals surface area contributed by atoms with Crippen LogP contribution in [0.25, 0.3) is 0 Å². The lowest BCUT2D eigenvalue weighted by Crippen LogP contribution is -2.26. The summed E-state index contributed by atoms with van der Waals surface area (Å²) in [6.45, 7) is 0.560. The number of nitrogens with one attached hydrogen (secondary N) is 2. The molecule has 4 N–H and O–H groups in total. The van der Waals surface area contributed by atoms with Gasteiger partial charge in [0.05, 0.1) is 16.2 Å². The molecule has 0 unspecified atom stereocenters. The van der Waals surface area contributed by atoms with Crippen LogP contribution < -0.4 is 16.6 Å². The minimum atomic E-state index is -0.244. The highest BCUT2D eigenvalue weighted by atomic mass is 79.9. The molecular weight excluding hydrogens is 330 g/mol. The van der Waals surface area contributed by atoms with Crippen LogP contribution in [0.5, 0.6) is 0 Å². The van der Waals surface area contributed by atoms with E-state index in [9.17, 15) is 4.79 Å². The first kappa shape index (κ1) is 13.9. The van der Waals surface area contributed by atoms with Gasteiger partial charge in [0.15, 0.2) is 5.82 Å². The van der Waals surface area contributed by atoms with Crippen molar-refractivity contribution in [3.63, 3.8) is 0 Å². The molecule has 19 heavy (non-hydrogen) atoms. The summed E-state index contributed by atoms with van der Waals surface area (Å²) >= 11 is 5.06. The number of carbonyl (C=O) groups excluding carboxylic acids is 1. The number of thiophene rings is 1. The first-order chi connectivity index (χ1) is 9.19. The molecule has 0 saturated heterocycles. The molecule has 0 saturated carbocycles. The third-order valence-corrected chi connectivity index (χ3v) is 4.00. The van der Waals surface area contributed by atoms with E-state index in [4.69, 9.17) is 5.84 Å². The largest absolute Gasteiger partial charge is 0.350 e. The molecule has 2 aromatic rings. The lowest BCUT2D eigenvalue weighted by Gasteiger charge is -2.04. The number of hydrazine groups is 1. The number of amides is 1. The zero-order valence-corrected chi connectivity index (χ0v) is 12.3. The summed E-state index contributed by atoms with van der Waals surface area (Å²) in [6, 6.07) is 4.02. The Kier molecular flexibility index (Phi) is 4.83. The summed E-state index contributed by atoms with van der Waals surface area (Å²) in [5.74, 6) is 5.34. The fraction of sp³-hybridized carbons (Fsp3) is 0.182. The van der Waals surface area contributed by atoms with E-state index < -0.39 is 0 Å². The van der Waals surface area contributed by atoms with Gasteiger partial charge in [0.2, 0.25) is 0 Å². The fourth-order valence-corrected chi connectivity index (χ4v) is 2.88. The Bertz CT molecular complexity index is 556. The number of carbonyl (C=O) groups is 1. The summed E-state index contributed by atoms with van der Waals surface area (Å²) in [5.41, 5.74) is 2.62. The lowest BCUT2D eigenvalue weighted by atomic mass is 10.3. The number of hydrogen-bond acceptors (Lipinski definition) is 6. The van der Waals surface area contributed by atoms with Gasteiger partial charge in [-0.25, -0.2) is 15.8 Å². The topological polar surface area (TPSA) is 92.9 Å². The monoisotopic (exact) mass is 341 g/mol. The molecule has 2 heterocycles. The molecule has 0 aliphatic heterocycles. The second kappa shape index (κ2) is 6.60. The van der Waals surface area contributed by atoms with Crippen molar-refractivity contribution in [3.05, 3.63) is 38.9 Å². The molecule has 100 valence electrons. The maximum Gasteiger partial charge on any atom is 0.271 e. The van der Waals surface area contributed by atoms with Gasteiger partial charge in [0.25, 0.3) is 5.91 Å². The highest BCUT2D eigenvalue weighted by molar-refractivity contribution is 9.11. The third-order valence-electron chi connectivity index (χ3n) is 2.32. The van der Waals surface area contributed by atoms with Crippen molar-refractivity contribution >= 4 is 39.0 Å². The summed E-state index contributed by atoms with van der Waals surface area (Å²) in [7, 11) is 0. The maximum atomic E-state index is 11.8. The predicted octanol–water partition coefficient (Wildman–Crippen LogP) is 1.56. The average Bonchev–Trinajstić information content (AvgIpc) is 2.84. The van der Waals surface area contributed by atoms with Gasteiger partial charge in [-0.2, -0.15) is 0 Å². The van der Waals surface area contributed by atoms with Gasteiger partial charge in [-0.1, -0.05) is 0 Å². The van der Waals surface area contributed by atoms with E-state index in [0.29, 0.717) is 12.4 Å². The standard InChI is InChI=1S/C11H12BrN5OS/c12-9-2-1-7(19-9)3-4-14-11(18)8-5-16-10(17-13)6-15-8/h1-2,5-6H,3-4,13H2,(H,14,18)(H,16,17). The van der Waals surface area contributed by atoms with E-state index in [2.05, 4.69) is 36.6 Å². The van der Waals surface area contributed by atoms with E-state index >= 15 is 0 Å². The average molecular weight is 342 g/mol. The van der Waals surface area contributed by atoms with Gasteiger partial charge in [-0.15, -0.1) is 11.3 Å². The molecule has 0 fully saturated rings. The smallest absolute Gasteiger partial charge is 0.271 e. The van der Waals surface area contributed by atoms with E-state index in [1.165, 1.54) is 17.3 Å².